The number of hydrogen-bond acceptors (Lipinski definition) is 3. The van der Waals surface area contributed by atoms with Crippen LogP contribution in [0.3, 0.4) is 0 Å². The zero-order valence-corrected chi connectivity index (χ0v) is 12.8. The highest BCUT2D eigenvalue weighted by molar-refractivity contribution is 5.07. The maximum Gasteiger partial charge on any atom is 0.0473 e. The lowest BCUT2D eigenvalue weighted by Crippen LogP contribution is -2.56. The maximum absolute atomic E-state index is 6.26. The van der Waals surface area contributed by atoms with Gasteiger partial charge in [0.2, 0.25) is 0 Å². The van der Waals surface area contributed by atoms with Crippen LogP contribution in [-0.2, 0) is 0 Å². The molecule has 2 saturated heterocycles. The molecule has 0 aromatic heterocycles. The standard InChI is InChI=1S/C16H31N3/c1-13-4-3-8-18(9-7-13)16(11-17)10-14(2)19(12-16)15-5-6-15/h13-15H,3-12,17H2,1-2H3. The van der Waals surface area contributed by atoms with Crippen LogP contribution in [0.25, 0.3) is 0 Å². The Morgan fingerprint density at radius 1 is 1.11 bits per heavy atom. The van der Waals surface area contributed by atoms with Crippen LogP contribution in [0.4, 0.5) is 0 Å². The SMILES string of the molecule is CC1CCCN(C2(CN)CC(C)N(C3CC3)C2)CC1. The van der Waals surface area contributed by atoms with Crippen LogP contribution in [0.15, 0.2) is 0 Å². The molecule has 1 saturated carbocycles. The molecule has 2 aliphatic heterocycles. The van der Waals surface area contributed by atoms with Gasteiger partial charge in [-0.25, -0.2) is 0 Å². The summed E-state index contributed by atoms with van der Waals surface area (Å²) in [5, 5.41) is 0. The molecule has 3 fully saturated rings. The zero-order valence-electron chi connectivity index (χ0n) is 12.8. The molecular weight excluding hydrogens is 234 g/mol. The first kappa shape index (κ1) is 13.8. The van der Waals surface area contributed by atoms with Crippen molar-refractivity contribution in [2.45, 2.75) is 70.0 Å². The molecule has 3 heteroatoms. The van der Waals surface area contributed by atoms with E-state index in [0.29, 0.717) is 0 Å². The number of likely N-dealkylation sites (tertiary alicyclic amines) is 2. The van der Waals surface area contributed by atoms with Gasteiger partial charge in [0.25, 0.3) is 0 Å². The minimum absolute atomic E-state index is 0.284. The summed E-state index contributed by atoms with van der Waals surface area (Å²) in [6, 6.07) is 1.62. The predicted octanol–water partition coefficient (Wildman–Crippen LogP) is 2.06. The highest BCUT2D eigenvalue weighted by Gasteiger charge is 2.49. The summed E-state index contributed by atoms with van der Waals surface area (Å²) < 4.78 is 0. The van der Waals surface area contributed by atoms with Gasteiger partial charge in [-0.15, -0.1) is 0 Å². The largest absolute Gasteiger partial charge is 0.329 e. The Kier molecular flexibility index (Phi) is 3.89. The summed E-state index contributed by atoms with van der Waals surface area (Å²) in [7, 11) is 0. The lowest BCUT2D eigenvalue weighted by Gasteiger charge is -2.40. The minimum Gasteiger partial charge on any atom is -0.329 e. The molecule has 3 unspecified atom stereocenters. The summed E-state index contributed by atoms with van der Waals surface area (Å²) in [6.45, 7) is 9.43. The van der Waals surface area contributed by atoms with Crippen LogP contribution in [-0.4, -0.2) is 53.6 Å². The smallest absolute Gasteiger partial charge is 0.0473 e. The second-order valence-electron chi connectivity index (χ2n) is 7.41. The van der Waals surface area contributed by atoms with Gasteiger partial charge >= 0.3 is 0 Å². The summed E-state index contributed by atoms with van der Waals surface area (Å²) in [5.74, 6) is 0.901. The van der Waals surface area contributed by atoms with Gasteiger partial charge in [0, 0.05) is 30.7 Å². The first-order valence-corrected chi connectivity index (χ1v) is 8.35. The van der Waals surface area contributed by atoms with Gasteiger partial charge < -0.3 is 5.73 Å². The number of hydrogen-bond donors (Lipinski definition) is 1. The van der Waals surface area contributed by atoms with Crippen molar-refractivity contribution in [3.63, 3.8) is 0 Å². The fourth-order valence-corrected chi connectivity index (χ4v) is 4.37. The molecule has 3 aliphatic rings. The summed E-state index contributed by atoms with van der Waals surface area (Å²) in [5.41, 5.74) is 6.55. The molecule has 0 radical (unpaired) electrons. The van der Waals surface area contributed by atoms with E-state index >= 15 is 0 Å². The molecular formula is C16H31N3. The quantitative estimate of drug-likeness (QED) is 0.848. The second kappa shape index (κ2) is 5.34. The summed E-state index contributed by atoms with van der Waals surface area (Å²) >= 11 is 0. The van der Waals surface area contributed by atoms with Crippen LogP contribution in [0.1, 0.15) is 52.4 Å². The van der Waals surface area contributed by atoms with Crippen molar-refractivity contribution < 1.29 is 0 Å². The Morgan fingerprint density at radius 3 is 2.58 bits per heavy atom. The van der Waals surface area contributed by atoms with Crippen molar-refractivity contribution in [2.75, 3.05) is 26.2 Å². The minimum atomic E-state index is 0.284. The van der Waals surface area contributed by atoms with E-state index in [1.165, 1.54) is 58.2 Å². The van der Waals surface area contributed by atoms with E-state index in [-0.39, 0.29) is 5.54 Å². The number of nitrogens with zero attached hydrogens (tertiary/aromatic N) is 2. The van der Waals surface area contributed by atoms with Crippen molar-refractivity contribution in [3.05, 3.63) is 0 Å². The van der Waals surface area contributed by atoms with E-state index in [2.05, 4.69) is 23.6 Å². The van der Waals surface area contributed by atoms with Crippen LogP contribution in [0, 0.1) is 5.92 Å². The Morgan fingerprint density at radius 2 is 1.89 bits per heavy atom. The zero-order chi connectivity index (χ0) is 13.5. The Balaban J connectivity index is 1.71. The molecule has 3 atom stereocenters. The van der Waals surface area contributed by atoms with Crippen molar-refractivity contribution in [2.24, 2.45) is 11.7 Å². The molecule has 0 aromatic rings. The molecule has 110 valence electrons. The van der Waals surface area contributed by atoms with E-state index in [0.717, 1.165) is 24.5 Å². The highest BCUT2D eigenvalue weighted by atomic mass is 15.3. The average Bonchev–Trinajstić information content (AvgIpc) is 3.19. The lowest BCUT2D eigenvalue weighted by molar-refractivity contribution is 0.100. The van der Waals surface area contributed by atoms with E-state index in [1.807, 2.05) is 0 Å². The van der Waals surface area contributed by atoms with Crippen molar-refractivity contribution in [1.29, 1.82) is 0 Å². The van der Waals surface area contributed by atoms with Crippen LogP contribution in [0.5, 0.6) is 0 Å². The van der Waals surface area contributed by atoms with Crippen molar-refractivity contribution in [1.82, 2.24) is 9.80 Å². The molecule has 3 nitrogen and oxygen atoms in total. The monoisotopic (exact) mass is 265 g/mol. The van der Waals surface area contributed by atoms with Gasteiger partial charge in [-0.05, 0) is 64.5 Å². The molecule has 0 aromatic carbocycles. The first-order valence-electron chi connectivity index (χ1n) is 8.35. The van der Waals surface area contributed by atoms with Gasteiger partial charge in [-0.1, -0.05) is 6.92 Å². The molecule has 0 spiro atoms. The third kappa shape index (κ3) is 2.70. The van der Waals surface area contributed by atoms with E-state index < -0.39 is 0 Å². The van der Waals surface area contributed by atoms with E-state index in [9.17, 15) is 0 Å². The fraction of sp³-hybridized carbons (Fsp3) is 1.00. The maximum atomic E-state index is 6.26. The van der Waals surface area contributed by atoms with Crippen LogP contribution in [0.2, 0.25) is 0 Å². The Labute approximate surface area is 118 Å². The highest BCUT2D eigenvalue weighted by Crippen LogP contribution is 2.40. The molecule has 19 heavy (non-hydrogen) atoms. The van der Waals surface area contributed by atoms with E-state index in [1.54, 1.807) is 0 Å². The lowest BCUT2D eigenvalue weighted by atomic mass is 9.93. The second-order valence-corrected chi connectivity index (χ2v) is 7.41. The normalized spacial score (nSPS) is 42.5. The van der Waals surface area contributed by atoms with Crippen LogP contribution < -0.4 is 5.73 Å². The topological polar surface area (TPSA) is 32.5 Å². The molecule has 2 N–H and O–H groups in total. The van der Waals surface area contributed by atoms with Gasteiger partial charge in [0.15, 0.2) is 0 Å². The molecule has 3 rings (SSSR count). The van der Waals surface area contributed by atoms with Crippen molar-refractivity contribution in [3.8, 4) is 0 Å². The Hall–Kier alpha value is -0.120. The molecule has 0 amide bonds. The predicted molar refractivity (Wildman–Crippen MR) is 80.2 cm³/mol. The third-order valence-electron chi connectivity index (χ3n) is 5.80. The van der Waals surface area contributed by atoms with Gasteiger partial charge in [-0.3, -0.25) is 9.80 Å². The van der Waals surface area contributed by atoms with Gasteiger partial charge in [-0.2, -0.15) is 0 Å². The van der Waals surface area contributed by atoms with Gasteiger partial charge in [0.05, 0.1) is 0 Å². The summed E-state index contributed by atoms with van der Waals surface area (Å²) in [6.07, 6.45) is 8.25. The molecule has 2 heterocycles. The van der Waals surface area contributed by atoms with E-state index in [4.69, 9.17) is 5.73 Å². The first-order chi connectivity index (χ1) is 9.14. The van der Waals surface area contributed by atoms with Crippen molar-refractivity contribution >= 4 is 0 Å². The Bertz CT molecular complexity index is 315. The molecule has 0 bridgehead atoms. The summed E-state index contributed by atoms with van der Waals surface area (Å²) in [4.78, 5) is 5.51. The number of nitrogens with two attached hydrogens (primary N) is 1. The molecule has 1 aliphatic carbocycles. The average molecular weight is 265 g/mol. The van der Waals surface area contributed by atoms with Gasteiger partial charge in [0.1, 0.15) is 0 Å². The number of rotatable bonds is 3. The third-order valence-corrected chi connectivity index (χ3v) is 5.80. The fourth-order valence-electron chi connectivity index (χ4n) is 4.37. The van der Waals surface area contributed by atoms with Crippen LogP contribution >= 0.6 is 0 Å².